The molecule has 0 radical (unpaired) electrons. The maximum atomic E-state index is 5.85. The van der Waals surface area contributed by atoms with Gasteiger partial charge in [0.2, 0.25) is 0 Å². The van der Waals surface area contributed by atoms with E-state index in [1.807, 2.05) is 26.0 Å². The van der Waals surface area contributed by atoms with Gasteiger partial charge in [0.05, 0.1) is 23.7 Å². The van der Waals surface area contributed by atoms with E-state index in [1.54, 1.807) is 0 Å². The quantitative estimate of drug-likeness (QED) is 0.751. The zero-order chi connectivity index (χ0) is 15.2. The highest BCUT2D eigenvalue weighted by atomic mass is 16.5. The van der Waals surface area contributed by atoms with E-state index in [0.29, 0.717) is 6.54 Å². The summed E-state index contributed by atoms with van der Waals surface area (Å²) < 4.78 is 7.99. The Balaban J connectivity index is 2.22. The lowest BCUT2D eigenvalue weighted by molar-refractivity contribution is 0.242. The summed E-state index contributed by atoms with van der Waals surface area (Å²) in [6, 6.07) is 6.13. The average Bonchev–Trinajstić information content (AvgIpc) is 2.80. The normalized spacial score (nSPS) is 11.5. The highest BCUT2D eigenvalue weighted by molar-refractivity contribution is 5.77. The zero-order valence-corrected chi connectivity index (χ0v) is 13.4. The second-order valence-electron chi connectivity index (χ2n) is 5.76. The van der Waals surface area contributed by atoms with Crippen LogP contribution in [-0.4, -0.2) is 15.7 Å². The molecule has 0 bridgehead atoms. The van der Waals surface area contributed by atoms with Crippen LogP contribution in [0.4, 0.5) is 0 Å². The van der Waals surface area contributed by atoms with Crippen LogP contribution in [0.2, 0.25) is 0 Å². The summed E-state index contributed by atoms with van der Waals surface area (Å²) in [4.78, 5) is 4.66. The molecule has 1 aromatic carbocycles. The molecule has 116 valence electrons. The SMILES string of the molecule is CCCCCCn1c(CN)nc2cc(OC(C)C)ccc21. The molecule has 2 N–H and O–H groups in total. The third-order valence-electron chi connectivity index (χ3n) is 3.59. The van der Waals surface area contributed by atoms with Gasteiger partial charge in [-0.05, 0) is 32.4 Å². The Kier molecular flexibility index (Phi) is 5.62. The Morgan fingerprint density at radius 3 is 2.71 bits per heavy atom. The van der Waals surface area contributed by atoms with Gasteiger partial charge in [-0.1, -0.05) is 26.2 Å². The number of ether oxygens (including phenoxy) is 1. The molecule has 0 saturated carbocycles. The van der Waals surface area contributed by atoms with Crippen LogP contribution >= 0.6 is 0 Å². The number of rotatable bonds is 8. The van der Waals surface area contributed by atoms with Gasteiger partial charge in [0.15, 0.2) is 0 Å². The van der Waals surface area contributed by atoms with Gasteiger partial charge < -0.3 is 15.0 Å². The molecule has 0 spiro atoms. The summed E-state index contributed by atoms with van der Waals surface area (Å²) in [7, 11) is 0. The summed E-state index contributed by atoms with van der Waals surface area (Å²) in [5.41, 5.74) is 7.98. The number of aryl methyl sites for hydroxylation is 1. The van der Waals surface area contributed by atoms with Gasteiger partial charge in [-0.2, -0.15) is 0 Å². The van der Waals surface area contributed by atoms with Gasteiger partial charge in [-0.3, -0.25) is 0 Å². The molecule has 0 saturated heterocycles. The van der Waals surface area contributed by atoms with Gasteiger partial charge in [0, 0.05) is 12.6 Å². The largest absolute Gasteiger partial charge is 0.491 e. The van der Waals surface area contributed by atoms with E-state index in [2.05, 4.69) is 22.5 Å². The van der Waals surface area contributed by atoms with Crippen LogP contribution in [0, 0.1) is 0 Å². The number of hydrogen-bond donors (Lipinski definition) is 1. The highest BCUT2D eigenvalue weighted by Gasteiger charge is 2.10. The number of fused-ring (bicyclic) bond motifs is 1. The topological polar surface area (TPSA) is 53.1 Å². The predicted octanol–water partition coefficient (Wildman–Crippen LogP) is 3.86. The van der Waals surface area contributed by atoms with E-state index in [-0.39, 0.29) is 6.10 Å². The fraction of sp³-hybridized carbons (Fsp3) is 0.588. The first-order valence-corrected chi connectivity index (χ1v) is 8.01. The van der Waals surface area contributed by atoms with E-state index in [1.165, 1.54) is 25.7 Å². The van der Waals surface area contributed by atoms with Crippen molar-refractivity contribution in [2.45, 2.75) is 65.6 Å². The standard InChI is InChI=1S/C17H27N3O/c1-4-5-6-7-10-20-16-9-8-14(21-13(2)3)11-15(16)19-17(20)12-18/h8-9,11,13H,4-7,10,12,18H2,1-3H3. The van der Waals surface area contributed by atoms with Gasteiger partial charge in [0.25, 0.3) is 0 Å². The Morgan fingerprint density at radius 2 is 2.05 bits per heavy atom. The summed E-state index contributed by atoms with van der Waals surface area (Å²) in [6.45, 7) is 7.76. The Bertz CT molecular complexity index is 575. The smallest absolute Gasteiger partial charge is 0.123 e. The van der Waals surface area contributed by atoms with Crippen molar-refractivity contribution in [3.63, 3.8) is 0 Å². The third-order valence-corrected chi connectivity index (χ3v) is 3.59. The Hall–Kier alpha value is -1.55. The number of hydrogen-bond acceptors (Lipinski definition) is 3. The molecule has 0 aliphatic heterocycles. The van der Waals surface area contributed by atoms with E-state index in [4.69, 9.17) is 10.5 Å². The molecule has 0 unspecified atom stereocenters. The van der Waals surface area contributed by atoms with Crippen LogP contribution in [0.25, 0.3) is 11.0 Å². The minimum absolute atomic E-state index is 0.174. The van der Waals surface area contributed by atoms with Crippen molar-refractivity contribution in [1.82, 2.24) is 9.55 Å². The number of nitrogens with two attached hydrogens (primary N) is 1. The lowest BCUT2D eigenvalue weighted by Gasteiger charge is -2.10. The molecule has 1 aromatic heterocycles. The van der Waals surface area contributed by atoms with E-state index >= 15 is 0 Å². The third kappa shape index (κ3) is 3.97. The summed E-state index contributed by atoms with van der Waals surface area (Å²) in [5, 5.41) is 0. The molecule has 21 heavy (non-hydrogen) atoms. The van der Waals surface area contributed by atoms with E-state index in [9.17, 15) is 0 Å². The Labute approximate surface area is 127 Å². The first-order chi connectivity index (χ1) is 10.2. The first kappa shape index (κ1) is 15.8. The van der Waals surface area contributed by atoms with Gasteiger partial charge in [-0.15, -0.1) is 0 Å². The molecule has 0 aliphatic carbocycles. The molecule has 1 heterocycles. The minimum atomic E-state index is 0.174. The van der Waals surface area contributed by atoms with Crippen LogP contribution < -0.4 is 10.5 Å². The van der Waals surface area contributed by atoms with Crippen molar-refractivity contribution in [1.29, 1.82) is 0 Å². The highest BCUT2D eigenvalue weighted by Crippen LogP contribution is 2.23. The molecule has 4 nitrogen and oxygen atoms in total. The molecule has 0 aliphatic rings. The summed E-state index contributed by atoms with van der Waals surface area (Å²) in [5.74, 6) is 1.83. The molecular formula is C17H27N3O. The van der Waals surface area contributed by atoms with Crippen LogP contribution in [0.15, 0.2) is 18.2 Å². The molecule has 4 heteroatoms. The van der Waals surface area contributed by atoms with E-state index in [0.717, 1.165) is 29.2 Å². The summed E-state index contributed by atoms with van der Waals surface area (Å²) in [6.07, 6.45) is 5.15. The van der Waals surface area contributed by atoms with E-state index < -0.39 is 0 Å². The fourth-order valence-electron chi connectivity index (χ4n) is 2.61. The van der Waals surface area contributed by atoms with Crippen molar-refractivity contribution < 1.29 is 4.74 Å². The minimum Gasteiger partial charge on any atom is -0.491 e. The Morgan fingerprint density at radius 1 is 1.24 bits per heavy atom. The van der Waals surface area contributed by atoms with Crippen LogP contribution in [-0.2, 0) is 13.1 Å². The van der Waals surface area contributed by atoms with Gasteiger partial charge >= 0.3 is 0 Å². The molecule has 0 fully saturated rings. The van der Waals surface area contributed by atoms with Crippen molar-refractivity contribution >= 4 is 11.0 Å². The fourth-order valence-corrected chi connectivity index (χ4v) is 2.61. The predicted molar refractivity (Wildman–Crippen MR) is 87.5 cm³/mol. The molecule has 0 atom stereocenters. The number of unbranched alkanes of at least 4 members (excludes halogenated alkanes) is 3. The van der Waals surface area contributed by atoms with Crippen LogP contribution in [0.1, 0.15) is 52.3 Å². The summed E-state index contributed by atoms with van der Waals surface area (Å²) >= 11 is 0. The van der Waals surface area contributed by atoms with Crippen LogP contribution in [0.5, 0.6) is 5.75 Å². The van der Waals surface area contributed by atoms with Crippen molar-refractivity contribution in [2.24, 2.45) is 5.73 Å². The lowest BCUT2D eigenvalue weighted by atomic mass is 10.2. The van der Waals surface area contributed by atoms with Crippen molar-refractivity contribution in [3.05, 3.63) is 24.0 Å². The second-order valence-corrected chi connectivity index (χ2v) is 5.76. The maximum Gasteiger partial charge on any atom is 0.123 e. The monoisotopic (exact) mass is 289 g/mol. The first-order valence-electron chi connectivity index (χ1n) is 8.01. The molecule has 2 rings (SSSR count). The maximum absolute atomic E-state index is 5.85. The lowest BCUT2D eigenvalue weighted by Crippen LogP contribution is -2.08. The molecular weight excluding hydrogens is 262 g/mol. The molecule has 0 amide bonds. The van der Waals surface area contributed by atoms with Gasteiger partial charge in [0.1, 0.15) is 11.6 Å². The number of benzene rings is 1. The number of aromatic nitrogens is 2. The second kappa shape index (κ2) is 7.46. The average molecular weight is 289 g/mol. The van der Waals surface area contributed by atoms with Crippen molar-refractivity contribution in [2.75, 3.05) is 0 Å². The number of nitrogens with zero attached hydrogens (tertiary/aromatic N) is 2. The van der Waals surface area contributed by atoms with Crippen molar-refractivity contribution in [3.8, 4) is 5.75 Å². The van der Waals surface area contributed by atoms with Crippen LogP contribution in [0.3, 0.4) is 0 Å². The zero-order valence-electron chi connectivity index (χ0n) is 13.4. The number of imidazole rings is 1. The van der Waals surface area contributed by atoms with Gasteiger partial charge in [-0.25, -0.2) is 4.98 Å². The molecule has 2 aromatic rings.